The topological polar surface area (TPSA) is 137 Å². The van der Waals surface area contributed by atoms with Crippen molar-refractivity contribution in [1.82, 2.24) is 10.7 Å². The summed E-state index contributed by atoms with van der Waals surface area (Å²) in [7, 11) is 4.55. The molecular weight excluding hydrogens is 667 g/mol. The van der Waals surface area contributed by atoms with Gasteiger partial charge >= 0.3 is 11.8 Å². The number of anilines is 1. The number of rotatable bonds is 12. The van der Waals surface area contributed by atoms with Gasteiger partial charge in [0.15, 0.2) is 29.6 Å². The number of hydrogen-bond donors (Lipinski definition) is 3. The van der Waals surface area contributed by atoms with E-state index in [9.17, 15) is 14.4 Å². The fourth-order valence-electron chi connectivity index (χ4n) is 3.51. The van der Waals surface area contributed by atoms with Crippen molar-refractivity contribution in [3.8, 4) is 23.0 Å². The van der Waals surface area contributed by atoms with E-state index < -0.39 is 11.8 Å². The average Bonchev–Trinajstić information content (AvgIpc) is 2.96. The molecule has 0 fully saturated rings. The molecule has 0 bridgehead atoms. The Morgan fingerprint density at radius 1 is 0.927 bits per heavy atom. The quantitative estimate of drug-likeness (QED) is 0.114. The Morgan fingerprint density at radius 3 is 2.39 bits per heavy atom. The first-order chi connectivity index (χ1) is 19.7. The number of hydrogen-bond acceptors (Lipinski definition) is 8. The third-order valence-corrected chi connectivity index (χ3v) is 6.48. The minimum absolute atomic E-state index is 0.236. The fraction of sp³-hybridized carbons (Fsp3) is 0.214. The van der Waals surface area contributed by atoms with E-state index >= 15 is 0 Å². The number of amides is 3. The Hall–Kier alpha value is -4.04. The third-order valence-electron chi connectivity index (χ3n) is 5.44. The number of hydrazone groups is 1. The smallest absolute Gasteiger partial charge is 0.329 e. The molecule has 0 spiro atoms. The highest BCUT2D eigenvalue weighted by molar-refractivity contribution is 14.1. The van der Waals surface area contributed by atoms with Gasteiger partial charge in [0.05, 0.1) is 31.1 Å². The minimum atomic E-state index is -0.916. The van der Waals surface area contributed by atoms with E-state index in [-0.39, 0.29) is 19.1 Å². The summed E-state index contributed by atoms with van der Waals surface area (Å²) in [6.07, 6.45) is 1.84. The highest BCUT2D eigenvalue weighted by Gasteiger charge is 2.15. The van der Waals surface area contributed by atoms with Gasteiger partial charge < -0.3 is 29.6 Å². The number of nitrogens with zero attached hydrogens (tertiary/aromatic N) is 1. The first-order valence-electron chi connectivity index (χ1n) is 12.1. The Morgan fingerprint density at radius 2 is 1.68 bits per heavy atom. The Kier molecular flexibility index (Phi) is 12.0. The Balaban J connectivity index is 1.50. The molecule has 0 aliphatic heterocycles. The molecule has 0 saturated carbocycles. The zero-order valence-electron chi connectivity index (χ0n) is 22.5. The number of nitrogens with one attached hydrogen (secondary N) is 3. The van der Waals surface area contributed by atoms with Gasteiger partial charge in [-0.05, 0) is 82.6 Å². The monoisotopic (exact) mass is 694 g/mol. The van der Waals surface area contributed by atoms with E-state index in [0.29, 0.717) is 49.3 Å². The molecule has 0 aliphatic rings. The fourth-order valence-corrected chi connectivity index (χ4v) is 4.48. The first-order valence-corrected chi connectivity index (χ1v) is 13.6. The molecule has 0 aromatic heterocycles. The van der Waals surface area contributed by atoms with Crippen LogP contribution in [0.3, 0.4) is 0 Å². The van der Waals surface area contributed by atoms with Crippen LogP contribution in [0.1, 0.15) is 11.1 Å². The highest BCUT2D eigenvalue weighted by atomic mass is 127. The third kappa shape index (κ3) is 9.53. The second-order valence-corrected chi connectivity index (χ2v) is 9.87. The lowest BCUT2D eigenvalue weighted by atomic mass is 10.1. The lowest BCUT2D eigenvalue weighted by molar-refractivity contribution is -0.139. The van der Waals surface area contributed by atoms with Gasteiger partial charge in [-0.25, -0.2) is 5.43 Å². The second kappa shape index (κ2) is 15.7. The summed E-state index contributed by atoms with van der Waals surface area (Å²) in [4.78, 5) is 36.6. The molecule has 0 atom stereocenters. The molecular formula is C28H28ClIN4O7. The molecule has 0 heterocycles. The van der Waals surface area contributed by atoms with Crippen molar-refractivity contribution in [2.24, 2.45) is 5.10 Å². The van der Waals surface area contributed by atoms with E-state index in [2.05, 4.69) is 21.2 Å². The van der Waals surface area contributed by atoms with E-state index in [0.717, 1.165) is 5.56 Å². The van der Waals surface area contributed by atoms with Gasteiger partial charge in [0, 0.05) is 17.3 Å². The van der Waals surface area contributed by atoms with Crippen LogP contribution in [0.4, 0.5) is 5.69 Å². The van der Waals surface area contributed by atoms with Crippen molar-refractivity contribution in [2.75, 3.05) is 39.8 Å². The van der Waals surface area contributed by atoms with Crippen LogP contribution >= 0.6 is 34.2 Å². The summed E-state index contributed by atoms with van der Waals surface area (Å²) in [5.41, 5.74) is 4.21. The summed E-state index contributed by atoms with van der Waals surface area (Å²) in [6.45, 7) is -0.0249. The number of benzene rings is 3. The van der Waals surface area contributed by atoms with Crippen molar-refractivity contribution < 1.29 is 33.3 Å². The normalized spacial score (nSPS) is 10.6. The predicted octanol–water partition coefficient (Wildman–Crippen LogP) is 3.80. The number of carbonyl (C=O) groups is 3. The van der Waals surface area contributed by atoms with E-state index in [1.807, 2.05) is 28.7 Å². The van der Waals surface area contributed by atoms with Crippen molar-refractivity contribution >= 4 is 63.8 Å². The summed E-state index contributed by atoms with van der Waals surface area (Å²) in [6, 6.07) is 15.5. The molecule has 3 N–H and O–H groups in total. The zero-order chi connectivity index (χ0) is 29.8. The number of carbonyl (C=O) groups excluding carboxylic acids is 3. The van der Waals surface area contributed by atoms with Crippen LogP contribution in [0.25, 0.3) is 0 Å². The molecule has 0 radical (unpaired) electrons. The Bertz CT molecular complexity index is 1430. The maximum Gasteiger partial charge on any atom is 0.329 e. The van der Waals surface area contributed by atoms with Crippen LogP contribution in [0.2, 0.25) is 5.02 Å². The number of halogens is 2. The molecule has 216 valence electrons. The first kappa shape index (κ1) is 31.5. The highest BCUT2D eigenvalue weighted by Crippen LogP contribution is 2.33. The van der Waals surface area contributed by atoms with Crippen LogP contribution in [-0.4, -0.2) is 58.4 Å². The summed E-state index contributed by atoms with van der Waals surface area (Å²) >= 11 is 7.97. The lowest BCUT2D eigenvalue weighted by Crippen LogP contribution is -2.38. The zero-order valence-corrected chi connectivity index (χ0v) is 25.4. The molecule has 0 aliphatic carbocycles. The van der Waals surface area contributed by atoms with Crippen LogP contribution in [0, 0.1) is 3.57 Å². The minimum Gasteiger partial charge on any atom is -0.493 e. The Labute approximate surface area is 255 Å². The molecule has 3 amide bonds. The molecule has 0 unspecified atom stereocenters. The molecule has 41 heavy (non-hydrogen) atoms. The lowest BCUT2D eigenvalue weighted by Gasteiger charge is -2.13. The average molecular weight is 695 g/mol. The van der Waals surface area contributed by atoms with Gasteiger partial charge in [0.25, 0.3) is 5.91 Å². The molecule has 0 saturated heterocycles. The van der Waals surface area contributed by atoms with Crippen LogP contribution in [0.5, 0.6) is 23.0 Å². The van der Waals surface area contributed by atoms with Gasteiger partial charge in [0.1, 0.15) is 0 Å². The van der Waals surface area contributed by atoms with E-state index in [1.165, 1.54) is 13.3 Å². The van der Waals surface area contributed by atoms with Gasteiger partial charge in [0.2, 0.25) is 0 Å². The van der Waals surface area contributed by atoms with Gasteiger partial charge in [-0.1, -0.05) is 23.7 Å². The maximum atomic E-state index is 12.3. The van der Waals surface area contributed by atoms with E-state index in [4.69, 9.17) is 30.5 Å². The SMILES string of the molecule is COc1ccc(CCNC(=O)C(=O)N/N=C\c2cc(I)c(OCC(=O)Nc3cccc(Cl)c3)c(OC)c2)cc1OC. The summed E-state index contributed by atoms with van der Waals surface area (Å²) in [5, 5.41) is 9.61. The van der Waals surface area contributed by atoms with Gasteiger partial charge in [-0.15, -0.1) is 0 Å². The van der Waals surface area contributed by atoms with Gasteiger partial charge in [-0.2, -0.15) is 5.10 Å². The van der Waals surface area contributed by atoms with Crippen LogP contribution in [-0.2, 0) is 20.8 Å². The largest absolute Gasteiger partial charge is 0.493 e. The molecule has 13 heteroatoms. The van der Waals surface area contributed by atoms with Crippen molar-refractivity contribution in [2.45, 2.75) is 6.42 Å². The van der Waals surface area contributed by atoms with E-state index in [1.54, 1.807) is 62.8 Å². The molecule has 3 aromatic carbocycles. The molecule has 3 aromatic rings. The molecule has 11 nitrogen and oxygen atoms in total. The number of methoxy groups -OCH3 is 3. The number of ether oxygens (including phenoxy) is 4. The standard InChI is InChI=1S/C28H28ClIN4O7/c1-38-22-8-7-17(12-23(22)39-2)9-10-31-27(36)28(37)34-32-15-18-11-21(30)26(24(13-18)40-3)41-16-25(35)33-20-6-4-5-19(29)14-20/h4-8,11-15H,9-10,16H2,1-3H3,(H,31,36)(H,33,35)(H,34,37)/b32-15-. The van der Waals surface area contributed by atoms with Gasteiger partial charge in [-0.3, -0.25) is 14.4 Å². The van der Waals surface area contributed by atoms with Crippen LogP contribution in [0.15, 0.2) is 59.7 Å². The van der Waals surface area contributed by atoms with Crippen molar-refractivity contribution in [3.05, 3.63) is 74.3 Å². The summed E-state index contributed by atoms with van der Waals surface area (Å²) < 4.78 is 22.2. The van der Waals surface area contributed by atoms with Crippen molar-refractivity contribution in [3.63, 3.8) is 0 Å². The van der Waals surface area contributed by atoms with Crippen molar-refractivity contribution in [1.29, 1.82) is 0 Å². The van der Waals surface area contributed by atoms with Crippen LogP contribution < -0.4 is 35.0 Å². The maximum absolute atomic E-state index is 12.3. The predicted molar refractivity (Wildman–Crippen MR) is 163 cm³/mol. The molecule has 3 rings (SSSR count). The second-order valence-electron chi connectivity index (χ2n) is 8.28. The summed E-state index contributed by atoms with van der Waals surface area (Å²) in [5.74, 6) is -0.216.